The summed E-state index contributed by atoms with van der Waals surface area (Å²) in [5.41, 5.74) is 1.75. The maximum Gasteiger partial charge on any atom is 0.334 e. The number of likely N-dealkylation sites (tertiary alicyclic amines) is 1. The molecule has 2 aromatic rings. The first kappa shape index (κ1) is 17.5. The highest BCUT2D eigenvalue weighted by Gasteiger charge is 2.33. The summed E-state index contributed by atoms with van der Waals surface area (Å²) >= 11 is 0. The third-order valence-electron chi connectivity index (χ3n) is 4.37. The van der Waals surface area contributed by atoms with Gasteiger partial charge in [0.1, 0.15) is 0 Å². The van der Waals surface area contributed by atoms with Crippen LogP contribution < -0.4 is 0 Å². The minimum absolute atomic E-state index is 0.0341. The summed E-state index contributed by atoms with van der Waals surface area (Å²) in [5.74, 6) is 0. The molecule has 5 nitrogen and oxygen atoms in total. The van der Waals surface area contributed by atoms with Crippen LogP contribution in [0, 0.1) is 6.92 Å². The molecule has 0 spiro atoms. The number of hydrogen-bond acceptors (Lipinski definition) is 3. The Balaban J connectivity index is 1.97. The van der Waals surface area contributed by atoms with Crippen molar-refractivity contribution in [2.24, 2.45) is 0 Å². The topological polar surface area (TPSA) is 57.7 Å². The van der Waals surface area contributed by atoms with Crippen molar-refractivity contribution in [3.05, 3.63) is 65.7 Å². The number of nitrogens with zero attached hydrogens (tertiary/aromatic N) is 2. The van der Waals surface area contributed by atoms with Crippen LogP contribution in [0.5, 0.6) is 0 Å². The standard InChI is InChI=1S/C19H22N2O3S/c1-16-9-11-18(12-10-16)25(23,24)21(15-17-7-3-2-4-8-17)19(22)20-13-5-6-14-20/h2-4,7-12H,5-6,13-15H2,1H3. The number of urea groups is 1. The second kappa shape index (κ2) is 7.27. The van der Waals surface area contributed by atoms with Crippen LogP contribution in [-0.2, 0) is 16.6 Å². The number of aryl methyl sites for hydroxylation is 1. The molecule has 132 valence electrons. The molecule has 6 heteroatoms. The highest BCUT2D eigenvalue weighted by atomic mass is 32.2. The maximum atomic E-state index is 13.1. The maximum absolute atomic E-state index is 13.1. The number of rotatable bonds is 4. The molecule has 0 atom stereocenters. The van der Waals surface area contributed by atoms with E-state index in [4.69, 9.17) is 0 Å². The average Bonchev–Trinajstić information content (AvgIpc) is 3.15. The Morgan fingerprint density at radius 2 is 1.60 bits per heavy atom. The lowest BCUT2D eigenvalue weighted by Gasteiger charge is -2.27. The molecule has 0 radical (unpaired) electrons. The van der Waals surface area contributed by atoms with Gasteiger partial charge in [0.15, 0.2) is 0 Å². The number of carbonyl (C=O) groups excluding carboxylic acids is 1. The van der Waals surface area contributed by atoms with Crippen molar-refractivity contribution in [3.63, 3.8) is 0 Å². The van der Waals surface area contributed by atoms with Crippen LogP contribution in [-0.4, -0.2) is 36.7 Å². The molecule has 1 fully saturated rings. The average molecular weight is 358 g/mol. The summed E-state index contributed by atoms with van der Waals surface area (Å²) in [5, 5.41) is 0. The Kier molecular flexibility index (Phi) is 5.08. The lowest BCUT2D eigenvalue weighted by Crippen LogP contribution is -2.44. The van der Waals surface area contributed by atoms with Crippen LogP contribution in [0.4, 0.5) is 4.79 Å². The van der Waals surface area contributed by atoms with E-state index in [1.807, 2.05) is 37.3 Å². The highest BCUT2D eigenvalue weighted by Crippen LogP contribution is 2.22. The minimum atomic E-state index is -3.91. The Morgan fingerprint density at radius 1 is 1.00 bits per heavy atom. The molecule has 1 aliphatic heterocycles. The van der Waals surface area contributed by atoms with Crippen molar-refractivity contribution in [1.29, 1.82) is 0 Å². The molecule has 3 rings (SSSR count). The van der Waals surface area contributed by atoms with E-state index < -0.39 is 16.1 Å². The molecule has 0 unspecified atom stereocenters. The lowest BCUT2D eigenvalue weighted by molar-refractivity contribution is 0.187. The summed E-state index contributed by atoms with van der Waals surface area (Å²) in [6, 6.07) is 15.4. The van der Waals surface area contributed by atoms with E-state index >= 15 is 0 Å². The first-order chi connectivity index (χ1) is 12.0. The van der Waals surface area contributed by atoms with Crippen LogP contribution in [0.1, 0.15) is 24.0 Å². The minimum Gasteiger partial charge on any atom is -0.324 e. The van der Waals surface area contributed by atoms with Gasteiger partial charge >= 0.3 is 6.03 Å². The first-order valence-electron chi connectivity index (χ1n) is 8.41. The summed E-state index contributed by atoms with van der Waals surface area (Å²) in [6.45, 7) is 3.14. The van der Waals surface area contributed by atoms with Crippen molar-refractivity contribution >= 4 is 16.1 Å². The van der Waals surface area contributed by atoms with Crippen molar-refractivity contribution in [2.45, 2.75) is 31.2 Å². The van der Waals surface area contributed by atoms with Crippen LogP contribution >= 0.6 is 0 Å². The SMILES string of the molecule is Cc1ccc(S(=O)(=O)N(Cc2ccccc2)C(=O)N2CCCC2)cc1. The monoisotopic (exact) mass is 358 g/mol. The molecule has 1 heterocycles. The van der Waals surface area contributed by atoms with Gasteiger partial charge in [0.05, 0.1) is 11.4 Å². The van der Waals surface area contributed by atoms with Gasteiger partial charge in [0.25, 0.3) is 10.0 Å². The molecule has 0 bridgehead atoms. The van der Waals surface area contributed by atoms with Gasteiger partial charge in [-0.15, -0.1) is 0 Å². The van der Waals surface area contributed by atoms with Crippen molar-refractivity contribution in [1.82, 2.24) is 9.21 Å². The predicted molar refractivity (Wildman–Crippen MR) is 96.6 cm³/mol. The van der Waals surface area contributed by atoms with E-state index in [1.54, 1.807) is 29.2 Å². The molecule has 1 aliphatic rings. The van der Waals surface area contributed by atoms with Gasteiger partial charge in [-0.3, -0.25) is 0 Å². The van der Waals surface area contributed by atoms with E-state index in [9.17, 15) is 13.2 Å². The second-order valence-electron chi connectivity index (χ2n) is 6.29. The number of sulfonamides is 1. The van der Waals surface area contributed by atoms with Crippen molar-refractivity contribution in [2.75, 3.05) is 13.1 Å². The molecule has 2 aromatic carbocycles. The highest BCUT2D eigenvalue weighted by molar-refractivity contribution is 7.89. The van der Waals surface area contributed by atoms with Crippen molar-refractivity contribution in [3.8, 4) is 0 Å². The third kappa shape index (κ3) is 3.85. The third-order valence-corrected chi connectivity index (χ3v) is 6.10. The predicted octanol–water partition coefficient (Wildman–Crippen LogP) is 3.40. The van der Waals surface area contributed by atoms with Gasteiger partial charge in [0, 0.05) is 13.1 Å². The van der Waals surface area contributed by atoms with Crippen LogP contribution in [0.25, 0.3) is 0 Å². The number of carbonyl (C=O) groups is 1. The fraction of sp³-hybridized carbons (Fsp3) is 0.316. The molecule has 25 heavy (non-hydrogen) atoms. The van der Waals surface area contributed by atoms with Gasteiger partial charge in [0.2, 0.25) is 0 Å². The number of hydrogen-bond donors (Lipinski definition) is 0. The van der Waals surface area contributed by atoms with Gasteiger partial charge in [-0.2, -0.15) is 0 Å². The molecule has 0 aromatic heterocycles. The zero-order valence-electron chi connectivity index (χ0n) is 14.3. The number of amides is 2. The van der Waals surface area contributed by atoms with Gasteiger partial charge in [-0.05, 0) is 37.5 Å². The summed E-state index contributed by atoms with van der Waals surface area (Å²) < 4.78 is 27.2. The molecule has 1 saturated heterocycles. The zero-order chi connectivity index (χ0) is 17.9. The van der Waals surface area contributed by atoms with Crippen molar-refractivity contribution < 1.29 is 13.2 Å². The lowest BCUT2D eigenvalue weighted by atomic mass is 10.2. The Morgan fingerprint density at radius 3 is 2.20 bits per heavy atom. The van der Waals surface area contributed by atoms with E-state index in [-0.39, 0.29) is 11.4 Å². The summed E-state index contributed by atoms with van der Waals surface area (Å²) in [4.78, 5) is 14.7. The van der Waals surface area contributed by atoms with Crippen LogP contribution in [0.2, 0.25) is 0 Å². The van der Waals surface area contributed by atoms with E-state index in [0.717, 1.165) is 28.3 Å². The summed E-state index contributed by atoms with van der Waals surface area (Å²) in [6.07, 6.45) is 1.82. The quantitative estimate of drug-likeness (QED) is 0.842. The molecule has 0 saturated carbocycles. The smallest absolute Gasteiger partial charge is 0.324 e. The van der Waals surface area contributed by atoms with E-state index in [0.29, 0.717) is 13.1 Å². The molecular formula is C19H22N2O3S. The largest absolute Gasteiger partial charge is 0.334 e. The van der Waals surface area contributed by atoms with Gasteiger partial charge in [-0.1, -0.05) is 48.0 Å². The first-order valence-corrected chi connectivity index (χ1v) is 9.85. The van der Waals surface area contributed by atoms with E-state index in [1.165, 1.54) is 0 Å². The normalized spacial score (nSPS) is 14.5. The van der Waals surface area contributed by atoms with Crippen LogP contribution in [0.3, 0.4) is 0 Å². The molecule has 2 amide bonds. The Bertz CT molecular complexity index is 827. The van der Waals surface area contributed by atoms with Gasteiger partial charge < -0.3 is 4.90 Å². The fourth-order valence-electron chi connectivity index (χ4n) is 2.91. The molecule has 0 aliphatic carbocycles. The second-order valence-corrected chi connectivity index (χ2v) is 8.15. The van der Waals surface area contributed by atoms with Crippen LogP contribution in [0.15, 0.2) is 59.5 Å². The fourth-order valence-corrected chi connectivity index (χ4v) is 4.28. The molecular weight excluding hydrogens is 336 g/mol. The van der Waals surface area contributed by atoms with E-state index in [2.05, 4.69) is 0 Å². The molecule has 0 N–H and O–H groups in total. The zero-order valence-corrected chi connectivity index (χ0v) is 15.1. The van der Waals surface area contributed by atoms with Gasteiger partial charge in [-0.25, -0.2) is 17.5 Å². The Labute approximate surface area is 148 Å². The summed E-state index contributed by atoms with van der Waals surface area (Å²) in [7, 11) is -3.91. The number of benzene rings is 2. The Hall–Kier alpha value is -2.34.